The molecule has 2 aromatic carbocycles. The van der Waals surface area contributed by atoms with Crippen LogP contribution in [0.25, 0.3) is 0 Å². The molecule has 7 nitrogen and oxygen atoms in total. The number of anilines is 1. The number of benzene rings is 2. The summed E-state index contributed by atoms with van der Waals surface area (Å²) in [6, 6.07) is 11.3. The highest BCUT2D eigenvalue weighted by atomic mass is 16.5. The Labute approximate surface area is 158 Å². The number of aromatic hydroxyl groups is 1. The van der Waals surface area contributed by atoms with Gasteiger partial charge in [0.05, 0.1) is 13.3 Å². The van der Waals surface area contributed by atoms with Gasteiger partial charge in [0.25, 0.3) is 5.91 Å². The van der Waals surface area contributed by atoms with Crippen molar-refractivity contribution in [2.45, 2.75) is 20.3 Å². The number of phenols is 1. The predicted molar refractivity (Wildman–Crippen MR) is 104 cm³/mol. The Kier molecular flexibility index (Phi) is 6.93. The largest absolute Gasteiger partial charge is 0.504 e. The summed E-state index contributed by atoms with van der Waals surface area (Å²) >= 11 is 0. The lowest BCUT2D eigenvalue weighted by Gasteiger charge is -2.07. The first-order valence-electron chi connectivity index (χ1n) is 8.49. The Bertz CT molecular complexity index is 830. The minimum absolute atomic E-state index is 0.0112. The Morgan fingerprint density at radius 3 is 2.48 bits per heavy atom. The molecule has 27 heavy (non-hydrogen) atoms. The van der Waals surface area contributed by atoms with Crippen LogP contribution in [-0.4, -0.2) is 30.2 Å². The van der Waals surface area contributed by atoms with Gasteiger partial charge in [-0.1, -0.05) is 13.8 Å². The zero-order valence-corrected chi connectivity index (χ0v) is 15.5. The van der Waals surface area contributed by atoms with Gasteiger partial charge in [0.2, 0.25) is 5.91 Å². The second-order valence-corrected chi connectivity index (χ2v) is 6.35. The summed E-state index contributed by atoms with van der Waals surface area (Å²) < 4.78 is 4.96. The summed E-state index contributed by atoms with van der Waals surface area (Å²) in [6.45, 7) is 3.95. The number of hydrogen-bond donors (Lipinski definition) is 3. The average Bonchev–Trinajstić information content (AvgIpc) is 2.61. The number of methoxy groups -OCH3 is 1. The molecule has 0 aliphatic carbocycles. The van der Waals surface area contributed by atoms with E-state index in [0.29, 0.717) is 29.0 Å². The molecule has 2 aromatic rings. The number of amides is 2. The highest BCUT2D eigenvalue weighted by Gasteiger charge is 2.07. The monoisotopic (exact) mass is 369 g/mol. The normalized spacial score (nSPS) is 10.8. The first-order valence-corrected chi connectivity index (χ1v) is 8.49. The van der Waals surface area contributed by atoms with Crippen LogP contribution in [0.15, 0.2) is 47.6 Å². The fourth-order valence-electron chi connectivity index (χ4n) is 2.31. The van der Waals surface area contributed by atoms with Crippen molar-refractivity contribution >= 4 is 23.7 Å². The number of carbonyl (C=O) groups is 2. The fraction of sp³-hybridized carbons (Fsp3) is 0.250. The minimum atomic E-state index is -0.385. The molecule has 2 amide bonds. The van der Waals surface area contributed by atoms with Crippen LogP contribution >= 0.6 is 0 Å². The first kappa shape index (κ1) is 20.0. The van der Waals surface area contributed by atoms with Crippen LogP contribution in [0, 0.1) is 5.92 Å². The van der Waals surface area contributed by atoms with Crippen LogP contribution in [-0.2, 0) is 4.79 Å². The predicted octanol–water partition coefficient (Wildman–Crippen LogP) is 3.15. The smallest absolute Gasteiger partial charge is 0.271 e. The van der Waals surface area contributed by atoms with Gasteiger partial charge in [-0.15, -0.1) is 0 Å². The van der Waals surface area contributed by atoms with Gasteiger partial charge in [0.1, 0.15) is 0 Å². The van der Waals surface area contributed by atoms with E-state index in [4.69, 9.17) is 4.74 Å². The van der Waals surface area contributed by atoms with Crippen molar-refractivity contribution in [1.82, 2.24) is 5.43 Å². The van der Waals surface area contributed by atoms with E-state index in [9.17, 15) is 14.7 Å². The van der Waals surface area contributed by atoms with E-state index < -0.39 is 0 Å². The second-order valence-electron chi connectivity index (χ2n) is 6.35. The molecule has 0 saturated carbocycles. The summed E-state index contributed by atoms with van der Waals surface area (Å²) in [7, 11) is 1.46. The molecule has 0 radical (unpaired) electrons. The minimum Gasteiger partial charge on any atom is -0.504 e. The van der Waals surface area contributed by atoms with Gasteiger partial charge in [-0.3, -0.25) is 9.59 Å². The molecule has 3 N–H and O–H groups in total. The van der Waals surface area contributed by atoms with E-state index in [0.717, 1.165) is 0 Å². The van der Waals surface area contributed by atoms with Crippen LogP contribution < -0.4 is 15.5 Å². The molecule has 142 valence electrons. The molecule has 0 spiro atoms. The molecule has 0 fully saturated rings. The maximum Gasteiger partial charge on any atom is 0.271 e. The Hall–Kier alpha value is -3.35. The molecule has 0 atom stereocenters. The Morgan fingerprint density at radius 1 is 1.19 bits per heavy atom. The average molecular weight is 369 g/mol. The van der Waals surface area contributed by atoms with Gasteiger partial charge in [0.15, 0.2) is 11.5 Å². The summed E-state index contributed by atoms with van der Waals surface area (Å²) in [6.07, 6.45) is 1.86. The van der Waals surface area contributed by atoms with Crippen LogP contribution in [0.4, 0.5) is 5.69 Å². The number of hydrogen-bond acceptors (Lipinski definition) is 5. The molecule has 0 heterocycles. The molecule has 0 aliphatic heterocycles. The highest BCUT2D eigenvalue weighted by molar-refractivity contribution is 5.96. The van der Waals surface area contributed by atoms with Crippen molar-refractivity contribution in [3.63, 3.8) is 0 Å². The third kappa shape index (κ3) is 6.14. The summed E-state index contributed by atoms with van der Waals surface area (Å²) in [5.41, 5.74) is 4.06. The molecule has 7 heteroatoms. The molecular formula is C20H23N3O4. The molecular weight excluding hydrogens is 346 g/mol. The Morgan fingerprint density at radius 2 is 1.89 bits per heavy atom. The molecule has 0 aliphatic rings. The maximum atomic E-state index is 12.1. The van der Waals surface area contributed by atoms with Crippen molar-refractivity contribution in [3.05, 3.63) is 53.6 Å². The highest BCUT2D eigenvalue weighted by Crippen LogP contribution is 2.25. The topological polar surface area (TPSA) is 100 Å². The van der Waals surface area contributed by atoms with Crippen molar-refractivity contribution in [3.8, 4) is 11.5 Å². The number of ether oxygens (including phenoxy) is 1. The third-order valence-corrected chi connectivity index (χ3v) is 3.61. The third-order valence-electron chi connectivity index (χ3n) is 3.61. The van der Waals surface area contributed by atoms with Gasteiger partial charge in [0, 0.05) is 17.7 Å². The van der Waals surface area contributed by atoms with E-state index in [1.807, 2.05) is 13.8 Å². The summed E-state index contributed by atoms with van der Waals surface area (Å²) in [5, 5.41) is 16.4. The van der Waals surface area contributed by atoms with Crippen molar-refractivity contribution in [1.29, 1.82) is 0 Å². The number of rotatable bonds is 7. The van der Waals surface area contributed by atoms with Crippen molar-refractivity contribution in [2.24, 2.45) is 11.0 Å². The van der Waals surface area contributed by atoms with Gasteiger partial charge in [-0.25, -0.2) is 5.43 Å². The molecule has 0 aromatic heterocycles. The first-order chi connectivity index (χ1) is 12.9. The number of carbonyl (C=O) groups excluding carboxylic acids is 2. The standard InChI is InChI=1S/C20H23N3O4/c1-13(2)10-19(25)22-16-7-5-15(6-8-16)20(26)23-21-12-14-4-9-18(27-3)17(24)11-14/h4-9,11-13,24H,10H2,1-3H3,(H,22,25)(H,23,26). The lowest BCUT2D eigenvalue weighted by molar-refractivity contribution is -0.116. The van der Waals surface area contributed by atoms with Gasteiger partial charge < -0.3 is 15.2 Å². The van der Waals surface area contributed by atoms with E-state index in [1.54, 1.807) is 36.4 Å². The quantitative estimate of drug-likeness (QED) is 0.515. The number of nitrogens with zero attached hydrogens (tertiary/aromatic N) is 1. The number of phenolic OH excluding ortho intramolecular Hbond substituents is 1. The number of nitrogens with one attached hydrogen (secondary N) is 2. The molecule has 0 bridgehead atoms. The fourth-order valence-corrected chi connectivity index (χ4v) is 2.31. The molecule has 0 unspecified atom stereocenters. The lowest BCUT2D eigenvalue weighted by Crippen LogP contribution is -2.18. The zero-order valence-electron chi connectivity index (χ0n) is 15.5. The van der Waals surface area contributed by atoms with Gasteiger partial charge >= 0.3 is 0 Å². The van der Waals surface area contributed by atoms with Gasteiger partial charge in [-0.2, -0.15) is 5.10 Å². The maximum absolute atomic E-state index is 12.1. The SMILES string of the molecule is COc1ccc(C=NNC(=O)c2ccc(NC(=O)CC(C)C)cc2)cc1O. The van der Waals surface area contributed by atoms with Crippen LogP contribution in [0.1, 0.15) is 36.2 Å². The van der Waals surface area contributed by atoms with Crippen LogP contribution in [0.2, 0.25) is 0 Å². The van der Waals surface area contributed by atoms with E-state index in [2.05, 4.69) is 15.8 Å². The van der Waals surface area contributed by atoms with Crippen molar-refractivity contribution in [2.75, 3.05) is 12.4 Å². The lowest BCUT2D eigenvalue weighted by atomic mass is 10.1. The van der Waals surface area contributed by atoms with E-state index in [1.165, 1.54) is 19.4 Å². The summed E-state index contributed by atoms with van der Waals surface area (Å²) in [4.78, 5) is 23.8. The molecule has 2 rings (SSSR count). The number of hydrazone groups is 1. The van der Waals surface area contributed by atoms with E-state index in [-0.39, 0.29) is 23.5 Å². The van der Waals surface area contributed by atoms with Crippen LogP contribution in [0.3, 0.4) is 0 Å². The van der Waals surface area contributed by atoms with E-state index >= 15 is 0 Å². The summed E-state index contributed by atoms with van der Waals surface area (Å²) in [5.74, 6) is 0.179. The zero-order chi connectivity index (χ0) is 19.8. The molecule has 0 saturated heterocycles. The van der Waals surface area contributed by atoms with Gasteiger partial charge in [-0.05, 0) is 53.9 Å². The van der Waals surface area contributed by atoms with Crippen molar-refractivity contribution < 1.29 is 19.4 Å². The Balaban J connectivity index is 1.92. The van der Waals surface area contributed by atoms with Crippen LogP contribution in [0.5, 0.6) is 11.5 Å². The second kappa shape index (κ2) is 9.38.